The van der Waals surface area contributed by atoms with Crippen molar-refractivity contribution < 1.29 is 19.1 Å². The van der Waals surface area contributed by atoms with E-state index in [4.69, 9.17) is 16.3 Å². The fourth-order valence-corrected chi connectivity index (χ4v) is 5.46. The van der Waals surface area contributed by atoms with Gasteiger partial charge in [0.2, 0.25) is 12.3 Å². The average molecular weight is 470 g/mol. The van der Waals surface area contributed by atoms with E-state index < -0.39 is 5.54 Å². The van der Waals surface area contributed by atoms with E-state index in [9.17, 15) is 14.4 Å². The maximum absolute atomic E-state index is 13.5. The van der Waals surface area contributed by atoms with E-state index in [2.05, 4.69) is 24.5 Å². The Morgan fingerprint density at radius 2 is 2.03 bits per heavy atom. The van der Waals surface area contributed by atoms with E-state index in [0.717, 1.165) is 17.5 Å². The minimum atomic E-state index is -0.501. The lowest BCUT2D eigenvalue weighted by Crippen LogP contribution is -2.49. The molecule has 8 heteroatoms. The Labute approximate surface area is 198 Å². The number of fused-ring (bicyclic) bond motifs is 1. The molecule has 0 radical (unpaired) electrons. The summed E-state index contributed by atoms with van der Waals surface area (Å²) in [6.45, 7) is 5.31. The van der Waals surface area contributed by atoms with Crippen LogP contribution in [0.1, 0.15) is 41.8 Å². The van der Waals surface area contributed by atoms with Gasteiger partial charge in [0.25, 0.3) is 0 Å². The number of halogens is 1. The van der Waals surface area contributed by atoms with Gasteiger partial charge >= 0.3 is 5.97 Å². The Kier molecular flexibility index (Phi) is 6.45. The predicted molar refractivity (Wildman–Crippen MR) is 126 cm³/mol. The van der Waals surface area contributed by atoms with Crippen molar-refractivity contribution in [2.45, 2.75) is 38.4 Å². The number of rotatable bonds is 6. The minimum Gasteiger partial charge on any atom is -0.465 e. The fraction of sp³-hybridized carbons (Fsp3) is 0.400. The summed E-state index contributed by atoms with van der Waals surface area (Å²) >= 11 is 6.15. The summed E-state index contributed by atoms with van der Waals surface area (Å²) in [6.07, 6.45) is 1.48. The van der Waals surface area contributed by atoms with Gasteiger partial charge in [-0.15, -0.1) is 0 Å². The zero-order chi connectivity index (χ0) is 23.8. The Balaban J connectivity index is 1.55. The van der Waals surface area contributed by atoms with Crippen LogP contribution in [0.4, 0.5) is 5.69 Å². The molecule has 3 unspecified atom stereocenters. The van der Waals surface area contributed by atoms with Crippen molar-refractivity contribution in [1.82, 2.24) is 10.2 Å². The van der Waals surface area contributed by atoms with Gasteiger partial charge in [-0.25, -0.2) is 4.79 Å². The first-order valence-corrected chi connectivity index (χ1v) is 11.4. The maximum atomic E-state index is 13.5. The number of likely N-dealkylation sites (tertiary alicyclic amines) is 1. The van der Waals surface area contributed by atoms with Crippen molar-refractivity contribution in [3.05, 3.63) is 64.2 Å². The van der Waals surface area contributed by atoms with Crippen LogP contribution in [0.2, 0.25) is 5.02 Å². The minimum absolute atomic E-state index is 0.00659. The molecular formula is C25H28ClN3O4. The number of nitrogens with zero attached hydrogens (tertiary/aromatic N) is 1. The summed E-state index contributed by atoms with van der Waals surface area (Å²) < 4.78 is 4.75. The van der Waals surface area contributed by atoms with E-state index in [-0.39, 0.29) is 29.8 Å². The highest BCUT2D eigenvalue weighted by atomic mass is 35.5. The van der Waals surface area contributed by atoms with Crippen LogP contribution < -0.4 is 10.6 Å². The standard InChI is InChI=1S/C25H28ClN3O4/c1-15-22-20(28-25(15,2)19-9-8-18(26)12-21(19)27-14-30)10-11-29(23(22)31)13-16-4-6-17(7-5-16)24(32)33-3/h4-9,12,14-15,20,22,28H,10-11,13H2,1-3H3,(H,27,30)/t15?,20?,22?,25-/m0/s1. The molecular weight excluding hydrogens is 442 g/mol. The third kappa shape index (κ3) is 4.23. The number of piperidine rings is 1. The molecule has 2 saturated heterocycles. The third-order valence-electron chi connectivity index (χ3n) is 7.18. The molecule has 2 aromatic rings. The van der Waals surface area contributed by atoms with Crippen molar-refractivity contribution in [2.24, 2.45) is 11.8 Å². The summed E-state index contributed by atoms with van der Waals surface area (Å²) in [5.74, 6) is -0.453. The van der Waals surface area contributed by atoms with E-state index in [0.29, 0.717) is 35.8 Å². The molecule has 2 amide bonds. The fourth-order valence-electron chi connectivity index (χ4n) is 5.28. The number of esters is 1. The van der Waals surface area contributed by atoms with Gasteiger partial charge < -0.3 is 20.3 Å². The van der Waals surface area contributed by atoms with Crippen LogP contribution in [0, 0.1) is 11.8 Å². The van der Waals surface area contributed by atoms with Crippen LogP contribution in [0.5, 0.6) is 0 Å². The first-order chi connectivity index (χ1) is 15.8. The SMILES string of the molecule is COC(=O)c1ccc(CN2CCC3N[C@](C)(c4ccc(Cl)cc4NC=O)C(C)C3C2=O)cc1. The van der Waals surface area contributed by atoms with Crippen molar-refractivity contribution in [3.63, 3.8) is 0 Å². The largest absolute Gasteiger partial charge is 0.465 e. The molecule has 0 aromatic heterocycles. The zero-order valence-corrected chi connectivity index (χ0v) is 19.7. The molecule has 2 aliphatic rings. The summed E-state index contributed by atoms with van der Waals surface area (Å²) in [5.41, 5.74) is 2.51. The summed E-state index contributed by atoms with van der Waals surface area (Å²) in [7, 11) is 1.35. The van der Waals surface area contributed by atoms with Gasteiger partial charge in [0, 0.05) is 35.4 Å². The molecule has 0 bridgehead atoms. The molecule has 2 aliphatic heterocycles. The van der Waals surface area contributed by atoms with Gasteiger partial charge in [-0.2, -0.15) is 0 Å². The topological polar surface area (TPSA) is 87.7 Å². The van der Waals surface area contributed by atoms with Crippen LogP contribution >= 0.6 is 11.6 Å². The molecule has 0 spiro atoms. The lowest BCUT2D eigenvalue weighted by Gasteiger charge is -2.36. The number of methoxy groups -OCH3 is 1. The van der Waals surface area contributed by atoms with Gasteiger partial charge in [0.05, 0.1) is 18.6 Å². The van der Waals surface area contributed by atoms with Crippen LogP contribution in [0.25, 0.3) is 0 Å². The Bertz CT molecular complexity index is 1070. The first kappa shape index (κ1) is 23.3. The normalized spacial score (nSPS) is 26.6. The number of carbonyl (C=O) groups is 3. The number of nitrogens with one attached hydrogen (secondary N) is 2. The van der Waals surface area contributed by atoms with Crippen molar-refractivity contribution in [2.75, 3.05) is 19.0 Å². The third-order valence-corrected chi connectivity index (χ3v) is 7.41. The number of amides is 2. The number of ether oxygens (including phenoxy) is 1. The van der Waals surface area contributed by atoms with Crippen molar-refractivity contribution in [3.8, 4) is 0 Å². The van der Waals surface area contributed by atoms with Crippen molar-refractivity contribution in [1.29, 1.82) is 0 Å². The summed E-state index contributed by atoms with van der Waals surface area (Å²) in [6, 6.07) is 12.7. The average Bonchev–Trinajstić information content (AvgIpc) is 3.07. The molecule has 0 saturated carbocycles. The smallest absolute Gasteiger partial charge is 0.337 e. The second kappa shape index (κ2) is 9.15. The molecule has 4 atom stereocenters. The van der Waals surface area contributed by atoms with Crippen LogP contribution in [-0.2, 0) is 26.4 Å². The van der Waals surface area contributed by atoms with Crippen LogP contribution in [0.3, 0.4) is 0 Å². The Morgan fingerprint density at radius 1 is 1.30 bits per heavy atom. The molecule has 0 aliphatic carbocycles. The lowest BCUT2D eigenvalue weighted by atomic mass is 9.75. The number of anilines is 1. The summed E-state index contributed by atoms with van der Waals surface area (Å²) in [5, 5.41) is 6.99. The van der Waals surface area contributed by atoms with Crippen LogP contribution in [0.15, 0.2) is 42.5 Å². The first-order valence-electron chi connectivity index (χ1n) is 11.0. The Hall–Kier alpha value is -2.90. The highest BCUT2D eigenvalue weighted by molar-refractivity contribution is 6.31. The molecule has 7 nitrogen and oxygen atoms in total. The van der Waals surface area contributed by atoms with Gasteiger partial charge in [0.15, 0.2) is 0 Å². The van der Waals surface area contributed by atoms with Gasteiger partial charge in [-0.3, -0.25) is 9.59 Å². The maximum Gasteiger partial charge on any atom is 0.337 e. The van der Waals surface area contributed by atoms with Crippen molar-refractivity contribution >= 4 is 35.6 Å². The van der Waals surface area contributed by atoms with Crippen LogP contribution in [-0.4, -0.2) is 42.9 Å². The number of hydrogen-bond acceptors (Lipinski definition) is 5. The number of benzene rings is 2. The van der Waals surface area contributed by atoms with Gasteiger partial charge in [0.1, 0.15) is 0 Å². The molecule has 2 aromatic carbocycles. The summed E-state index contributed by atoms with van der Waals surface area (Å²) in [4.78, 5) is 38.3. The highest BCUT2D eigenvalue weighted by Crippen LogP contribution is 2.47. The Morgan fingerprint density at radius 3 is 2.70 bits per heavy atom. The van der Waals surface area contributed by atoms with E-state index in [1.54, 1.807) is 24.3 Å². The molecule has 2 fully saturated rings. The monoisotopic (exact) mass is 469 g/mol. The second-order valence-corrected chi connectivity index (χ2v) is 9.39. The number of carbonyl (C=O) groups excluding carboxylic acids is 3. The van der Waals surface area contributed by atoms with Gasteiger partial charge in [-0.1, -0.05) is 36.7 Å². The predicted octanol–water partition coefficient (Wildman–Crippen LogP) is 3.57. The molecule has 2 N–H and O–H groups in total. The zero-order valence-electron chi connectivity index (χ0n) is 18.9. The quantitative estimate of drug-likeness (QED) is 0.499. The van der Waals surface area contributed by atoms with E-state index >= 15 is 0 Å². The molecule has 33 heavy (non-hydrogen) atoms. The molecule has 2 heterocycles. The number of hydrogen-bond donors (Lipinski definition) is 2. The molecule has 174 valence electrons. The molecule has 4 rings (SSSR count). The highest BCUT2D eigenvalue weighted by Gasteiger charge is 2.54. The second-order valence-electron chi connectivity index (χ2n) is 8.96. The van der Waals surface area contributed by atoms with E-state index in [1.807, 2.05) is 23.1 Å². The lowest BCUT2D eigenvalue weighted by molar-refractivity contribution is -0.140. The van der Waals surface area contributed by atoms with Gasteiger partial charge in [-0.05, 0) is 54.7 Å². The van der Waals surface area contributed by atoms with E-state index in [1.165, 1.54) is 7.11 Å².